The van der Waals surface area contributed by atoms with Gasteiger partial charge in [0.05, 0.1) is 19.9 Å². The fourth-order valence-electron chi connectivity index (χ4n) is 3.68. The summed E-state index contributed by atoms with van der Waals surface area (Å²) in [6.07, 6.45) is 3.58. The van der Waals surface area contributed by atoms with Crippen molar-refractivity contribution in [2.75, 3.05) is 14.2 Å². The van der Waals surface area contributed by atoms with E-state index in [1.54, 1.807) is 43.2 Å². The molecule has 0 bridgehead atoms. The van der Waals surface area contributed by atoms with Crippen molar-refractivity contribution in [2.24, 2.45) is 4.99 Å². The van der Waals surface area contributed by atoms with Gasteiger partial charge in [0.25, 0.3) is 0 Å². The number of aliphatic imine (C=N–C) groups is 1. The Morgan fingerprint density at radius 2 is 1.56 bits per heavy atom. The molecule has 7 heteroatoms. The Labute approximate surface area is 196 Å². The predicted octanol–water partition coefficient (Wildman–Crippen LogP) is 4.90. The smallest absolute Gasteiger partial charge is 0.363 e. The number of cyclic esters (lactones) is 1. The van der Waals surface area contributed by atoms with Crippen LogP contribution in [-0.4, -0.2) is 35.9 Å². The Morgan fingerprint density at radius 1 is 0.853 bits per heavy atom. The number of hydrogen-bond acceptors (Lipinski definition) is 6. The van der Waals surface area contributed by atoms with Gasteiger partial charge in [0.1, 0.15) is 5.69 Å². The molecule has 34 heavy (non-hydrogen) atoms. The quantitative estimate of drug-likeness (QED) is 0.308. The van der Waals surface area contributed by atoms with Crippen LogP contribution in [0.15, 0.2) is 95.7 Å². The van der Waals surface area contributed by atoms with E-state index in [0.717, 1.165) is 22.5 Å². The van der Waals surface area contributed by atoms with Crippen molar-refractivity contribution in [3.8, 4) is 28.4 Å². The molecular weight excluding hydrogens is 430 g/mol. The number of aromatic nitrogens is 2. The molecule has 1 aliphatic rings. The van der Waals surface area contributed by atoms with Crippen LogP contribution in [0, 0.1) is 0 Å². The zero-order chi connectivity index (χ0) is 23.5. The molecular formula is C27H21N3O4. The van der Waals surface area contributed by atoms with Crippen LogP contribution in [0.4, 0.5) is 0 Å². The highest BCUT2D eigenvalue weighted by Crippen LogP contribution is 2.31. The maximum absolute atomic E-state index is 12.7. The number of ether oxygens (including phenoxy) is 3. The van der Waals surface area contributed by atoms with Crippen LogP contribution in [0.5, 0.6) is 11.5 Å². The Balaban J connectivity index is 1.57. The third kappa shape index (κ3) is 4.06. The lowest BCUT2D eigenvalue weighted by Crippen LogP contribution is -2.06. The fraction of sp³-hybridized carbons (Fsp3) is 0.0741. The van der Waals surface area contributed by atoms with Gasteiger partial charge in [-0.15, -0.1) is 0 Å². The molecule has 5 rings (SSSR count). The maximum atomic E-state index is 12.7. The van der Waals surface area contributed by atoms with E-state index in [1.165, 1.54) is 0 Å². The van der Waals surface area contributed by atoms with Gasteiger partial charge >= 0.3 is 5.97 Å². The molecule has 0 spiro atoms. The minimum Gasteiger partial charge on any atom is -0.493 e. The van der Waals surface area contributed by atoms with Crippen LogP contribution in [0.2, 0.25) is 0 Å². The van der Waals surface area contributed by atoms with Gasteiger partial charge in [-0.25, -0.2) is 14.5 Å². The lowest BCUT2D eigenvalue weighted by atomic mass is 10.1. The van der Waals surface area contributed by atoms with E-state index in [9.17, 15) is 4.79 Å². The van der Waals surface area contributed by atoms with Crippen LogP contribution in [-0.2, 0) is 9.53 Å². The summed E-state index contributed by atoms with van der Waals surface area (Å²) in [5.74, 6) is 0.768. The number of para-hydroxylation sites is 1. The van der Waals surface area contributed by atoms with Gasteiger partial charge in [0.15, 0.2) is 17.2 Å². The van der Waals surface area contributed by atoms with Crippen molar-refractivity contribution >= 4 is 17.9 Å². The van der Waals surface area contributed by atoms with Gasteiger partial charge in [-0.2, -0.15) is 5.10 Å². The van der Waals surface area contributed by atoms with Gasteiger partial charge in [0.2, 0.25) is 5.90 Å². The molecule has 0 unspecified atom stereocenters. The Bertz CT molecular complexity index is 1410. The molecule has 0 amide bonds. The Kier molecular flexibility index (Phi) is 5.66. The van der Waals surface area contributed by atoms with Gasteiger partial charge in [-0.3, -0.25) is 0 Å². The molecule has 0 fully saturated rings. The summed E-state index contributed by atoms with van der Waals surface area (Å²) >= 11 is 0. The van der Waals surface area contributed by atoms with Crippen LogP contribution in [0.3, 0.4) is 0 Å². The van der Waals surface area contributed by atoms with Gasteiger partial charge in [-0.05, 0) is 36.4 Å². The number of carbonyl (C=O) groups is 1. The van der Waals surface area contributed by atoms with Crippen molar-refractivity contribution in [2.45, 2.75) is 0 Å². The third-order valence-electron chi connectivity index (χ3n) is 5.35. The van der Waals surface area contributed by atoms with E-state index in [0.29, 0.717) is 17.1 Å². The van der Waals surface area contributed by atoms with Crippen molar-refractivity contribution in [1.82, 2.24) is 9.78 Å². The fourth-order valence-corrected chi connectivity index (χ4v) is 3.68. The second kappa shape index (κ2) is 9.07. The lowest BCUT2D eigenvalue weighted by Gasteiger charge is -2.08. The molecule has 0 atom stereocenters. The third-order valence-corrected chi connectivity index (χ3v) is 5.35. The Morgan fingerprint density at radius 3 is 2.26 bits per heavy atom. The normalized spacial score (nSPS) is 14.1. The summed E-state index contributed by atoms with van der Waals surface area (Å²) < 4.78 is 17.9. The van der Waals surface area contributed by atoms with Crippen molar-refractivity contribution < 1.29 is 19.0 Å². The molecule has 0 saturated carbocycles. The molecule has 7 nitrogen and oxygen atoms in total. The maximum Gasteiger partial charge on any atom is 0.363 e. The molecule has 3 aromatic carbocycles. The standard InChI is InChI=1S/C27H21N3O4/c1-32-23-14-13-19(16-24(23)33-2)26-28-22(27(31)34-26)15-20-17-30(21-11-7-4-8-12-21)29-25(20)18-9-5-3-6-10-18/h3-17H,1-2H3/b22-15+. The minimum atomic E-state index is -0.531. The highest BCUT2D eigenvalue weighted by molar-refractivity contribution is 6.13. The summed E-state index contributed by atoms with van der Waals surface area (Å²) in [6.45, 7) is 0. The molecule has 168 valence electrons. The first kappa shape index (κ1) is 21.2. The number of nitrogens with zero attached hydrogens (tertiary/aromatic N) is 3. The van der Waals surface area contributed by atoms with E-state index < -0.39 is 5.97 Å². The average Bonchev–Trinajstić information content (AvgIpc) is 3.48. The van der Waals surface area contributed by atoms with Crippen molar-refractivity contribution in [1.29, 1.82) is 0 Å². The van der Waals surface area contributed by atoms with Crippen molar-refractivity contribution in [3.63, 3.8) is 0 Å². The number of esters is 1. The van der Waals surface area contributed by atoms with E-state index in [-0.39, 0.29) is 11.6 Å². The topological polar surface area (TPSA) is 74.9 Å². The first-order chi connectivity index (χ1) is 16.7. The summed E-state index contributed by atoms with van der Waals surface area (Å²) in [5, 5.41) is 4.78. The van der Waals surface area contributed by atoms with E-state index >= 15 is 0 Å². The van der Waals surface area contributed by atoms with Crippen molar-refractivity contribution in [3.05, 3.63) is 102 Å². The number of carbonyl (C=O) groups excluding carboxylic acids is 1. The molecule has 0 saturated heterocycles. The Hall–Kier alpha value is -4.65. The highest BCUT2D eigenvalue weighted by atomic mass is 16.6. The molecule has 0 radical (unpaired) electrons. The van der Waals surface area contributed by atoms with Crippen LogP contribution in [0.25, 0.3) is 23.0 Å². The van der Waals surface area contributed by atoms with Gasteiger partial charge < -0.3 is 14.2 Å². The van der Waals surface area contributed by atoms with Crippen LogP contribution >= 0.6 is 0 Å². The first-order valence-electron chi connectivity index (χ1n) is 10.6. The lowest BCUT2D eigenvalue weighted by molar-refractivity contribution is -0.129. The first-order valence-corrected chi connectivity index (χ1v) is 10.6. The van der Waals surface area contributed by atoms with E-state index in [1.807, 2.05) is 66.9 Å². The second-order valence-electron chi connectivity index (χ2n) is 7.49. The minimum absolute atomic E-state index is 0.189. The number of rotatable bonds is 6. The zero-order valence-corrected chi connectivity index (χ0v) is 18.6. The molecule has 2 heterocycles. The molecule has 1 aliphatic heterocycles. The monoisotopic (exact) mass is 451 g/mol. The molecule has 0 aliphatic carbocycles. The van der Waals surface area contributed by atoms with Gasteiger partial charge in [-0.1, -0.05) is 48.5 Å². The largest absolute Gasteiger partial charge is 0.493 e. The molecule has 0 N–H and O–H groups in total. The zero-order valence-electron chi connectivity index (χ0n) is 18.6. The van der Waals surface area contributed by atoms with Gasteiger partial charge in [0, 0.05) is 22.9 Å². The average molecular weight is 451 g/mol. The number of hydrogen-bond donors (Lipinski definition) is 0. The van der Waals surface area contributed by atoms with Crippen LogP contribution in [0.1, 0.15) is 11.1 Å². The predicted molar refractivity (Wildman–Crippen MR) is 129 cm³/mol. The highest BCUT2D eigenvalue weighted by Gasteiger charge is 2.26. The molecule has 4 aromatic rings. The number of methoxy groups -OCH3 is 2. The SMILES string of the molecule is COc1ccc(C2=N/C(=C/c3cn(-c4ccccc4)nc3-c3ccccc3)C(=O)O2)cc1OC. The summed E-state index contributed by atoms with van der Waals surface area (Å²) in [7, 11) is 3.11. The van der Waals surface area contributed by atoms with E-state index in [4.69, 9.17) is 19.3 Å². The summed E-state index contributed by atoms with van der Waals surface area (Å²) in [6, 6.07) is 24.8. The second-order valence-corrected chi connectivity index (χ2v) is 7.49. The van der Waals surface area contributed by atoms with Crippen LogP contribution < -0.4 is 9.47 Å². The molecule has 1 aromatic heterocycles. The van der Waals surface area contributed by atoms with E-state index in [2.05, 4.69) is 4.99 Å². The summed E-state index contributed by atoms with van der Waals surface area (Å²) in [5.41, 5.74) is 4.12. The summed E-state index contributed by atoms with van der Waals surface area (Å²) in [4.78, 5) is 17.1. The number of benzene rings is 3.